The van der Waals surface area contributed by atoms with Crippen molar-refractivity contribution in [3.05, 3.63) is 70.6 Å². The van der Waals surface area contributed by atoms with Gasteiger partial charge in [0, 0.05) is 28.5 Å². The van der Waals surface area contributed by atoms with E-state index in [0.717, 1.165) is 10.5 Å². The van der Waals surface area contributed by atoms with Gasteiger partial charge in [-0.3, -0.25) is 14.3 Å². The van der Waals surface area contributed by atoms with Gasteiger partial charge in [0.1, 0.15) is 10.9 Å². The number of hydrogen-bond donors (Lipinski definition) is 0. The third-order valence-corrected chi connectivity index (χ3v) is 5.00. The van der Waals surface area contributed by atoms with Crippen LogP contribution in [0.25, 0.3) is 21.9 Å². The molecule has 2 aromatic heterocycles. The first kappa shape index (κ1) is 17.3. The lowest BCUT2D eigenvalue weighted by Crippen LogP contribution is -2.22. The molecule has 0 spiro atoms. The Hall–Kier alpha value is -2.56. The van der Waals surface area contributed by atoms with Crippen molar-refractivity contribution in [2.45, 2.75) is 9.92 Å². The van der Waals surface area contributed by atoms with Crippen molar-refractivity contribution < 1.29 is 0 Å². The maximum atomic E-state index is 13.0. The molecule has 3 aromatic rings. The molecule has 0 fully saturated rings. The molecule has 25 heavy (non-hydrogen) atoms. The predicted octanol–water partition coefficient (Wildman–Crippen LogP) is 4.29. The molecule has 1 aromatic carbocycles. The van der Waals surface area contributed by atoms with Gasteiger partial charge in [0.2, 0.25) is 0 Å². The molecule has 5 nitrogen and oxygen atoms in total. The molecule has 0 aliphatic heterocycles. The minimum atomic E-state index is -0.370. The van der Waals surface area contributed by atoms with Crippen molar-refractivity contribution in [1.82, 2.24) is 14.5 Å². The number of pyridine rings is 1. The molecule has 0 N–H and O–H groups in total. The van der Waals surface area contributed by atoms with Gasteiger partial charge in [-0.2, -0.15) is 0 Å². The average Bonchev–Trinajstić information content (AvgIpc) is 2.68. The molecule has 0 aliphatic carbocycles. The highest BCUT2D eigenvalue weighted by Gasteiger charge is 2.19. The second kappa shape index (κ2) is 7.55. The zero-order chi connectivity index (χ0) is 17.8. The van der Waals surface area contributed by atoms with E-state index in [1.165, 1.54) is 16.3 Å². The van der Waals surface area contributed by atoms with Crippen LogP contribution in [0.2, 0.25) is 0 Å². The Labute approximate surface area is 154 Å². The largest absolute Gasteiger partial charge is 0.282 e. The van der Waals surface area contributed by atoms with Crippen molar-refractivity contribution in [2.24, 2.45) is 0 Å². The highest BCUT2D eigenvalue weighted by Crippen LogP contribution is 2.28. The fourth-order valence-electron chi connectivity index (χ4n) is 2.39. The monoisotopic (exact) mass is 366 g/mol. The van der Waals surface area contributed by atoms with E-state index in [-0.39, 0.29) is 11.2 Å². The first-order valence-electron chi connectivity index (χ1n) is 7.33. The van der Waals surface area contributed by atoms with Gasteiger partial charge in [0.15, 0.2) is 0 Å². The fraction of sp³-hybridized carbons (Fsp3) is 0.111. The first-order valence-corrected chi connectivity index (χ1v) is 9.78. The highest BCUT2D eigenvalue weighted by atomic mass is 32.2. The van der Waals surface area contributed by atoms with E-state index in [1.54, 1.807) is 36.5 Å². The van der Waals surface area contributed by atoms with Crippen LogP contribution < -0.4 is 5.56 Å². The van der Waals surface area contributed by atoms with Gasteiger partial charge < -0.3 is 0 Å². The van der Waals surface area contributed by atoms with Gasteiger partial charge in [-0.15, -0.1) is 23.5 Å². The maximum Gasteiger partial charge on any atom is 0.282 e. The summed E-state index contributed by atoms with van der Waals surface area (Å²) in [5.74, 6) is 0.478. The standard InChI is InChI=1S/C18H14N4OS2/c1-19-15-17(25-3)21-16(12-5-4-10-20-11-12)22(18(15)23)13-6-8-14(24-2)9-7-13/h4-11H,2-3H3. The summed E-state index contributed by atoms with van der Waals surface area (Å²) in [6.07, 6.45) is 7.13. The molecule has 3 rings (SSSR count). The quantitative estimate of drug-likeness (QED) is 0.392. The van der Waals surface area contributed by atoms with E-state index in [9.17, 15) is 4.79 Å². The minimum absolute atomic E-state index is 0.0362. The van der Waals surface area contributed by atoms with Crippen LogP contribution in [0.5, 0.6) is 0 Å². The molecule has 0 atom stereocenters. The summed E-state index contributed by atoms with van der Waals surface area (Å²) >= 11 is 2.92. The summed E-state index contributed by atoms with van der Waals surface area (Å²) < 4.78 is 1.48. The number of aromatic nitrogens is 3. The highest BCUT2D eigenvalue weighted by molar-refractivity contribution is 7.98. The van der Waals surface area contributed by atoms with Crippen LogP contribution in [0.3, 0.4) is 0 Å². The number of nitrogens with zero attached hydrogens (tertiary/aromatic N) is 4. The molecule has 0 radical (unpaired) electrons. The number of hydrogen-bond acceptors (Lipinski definition) is 5. The summed E-state index contributed by atoms with van der Waals surface area (Å²) in [4.78, 5) is 26.2. The predicted molar refractivity (Wildman–Crippen MR) is 103 cm³/mol. The molecule has 0 unspecified atom stereocenters. The van der Waals surface area contributed by atoms with E-state index in [1.807, 2.05) is 36.6 Å². The van der Waals surface area contributed by atoms with Crippen LogP contribution in [-0.2, 0) is 0 Å². The Balaban J connectivity index is 2.35. The second-order valence-corrected chi connectivity index (χ2v) is 6.66. The first-order chi connectivity index (χ1) is 12.2. The Kier molecular flexibility index (Phi) is 5.22. The van der Waals surface area contributed by atoms with Crippen molar-refractivity contribution in [2.75, 3.05) is 12.5 Å². The molecule has 0 aliphatic rings. The van der Waals surface area contributed by atoms with E-state index in [2.05, 4.69) is 14.8 Å². The van der Waals surface area contributed by atoms with Gasteiger partial charge >= 0.3 is 0 Å². The van der Waals surface area contributed by atoms with Crippen molar-refractivity contribution >= 4 is 29.2 Å². The zero-order valence-corrected chi connectivity index (χ0v) is 15.3. The minimum Gasteiger partial charge on any atom is -0.282 e. The van der Waals surface area contributed by atoms with Crippen LogP contribution in [-0.4, -0.2) is 27.0 Å². The maximum absolute atomic E-state index is 13.0. The number of benzene rings is 1. The molecule has 2 heterocycles. The van der Waals surface area contributed by atoms with Gasteiger partial charge in [-0.25, -0.2) is 9.83 Å². The molecule has 124 valence electrons. The van der Waals surface area contributed by atoms with E-state index in [0.29, 0.717) is 16.5 Å². The van der Waals surface area contributed by atoms with E-state index in [4.69, 9.17) is 6.57 Å². The van der Waals surface area contributed by atoms with Crippen LogP contribution in [0.15, 0.2) is 63.5 Å². The lowest BCUT2D eigenvalue weighted by atomic mass is 10.2. The smallest absolute Gasteiger partial charge is 0.282 e. The molecule has 0 saturated heterocycles. The van der Waals surface area contributed by atoms with Crippen LogP contribution in [0.4, 0.5) is 5.69 Å². The fourth-order valence-corrected chi connectivity index (χ4v) is 3.30. The SMILES string of the molecule is [C-]#[N+]c1c(SC)nc(-c2cccnc2)n(-c2ccc(SC)cc2)c1=O. The van der Waals surface area contributed by atoms with Crippen LogP contribution in [0.1, 0.15) is 0 Å². The Bertz CT molecular complexity index is 993. The normalized spacial score (nSPS) is 10.4. The van der Waals surface area contributed by atoms with E-state index < -0.39 is 0 Å². The lowest BCUT2D eigenvalue weighted by Gasteiger charge is -2.15. The van der Waals surface area contributed by atoms with Gasteiger partial charge in [-0.1, -0.05) is 0 Å². The van der Waals surface area contributed by atoms with Crippen molar-refractivity contribution in [1.29, 1.82) is 0 Å². The molecule has 0 saturated carbocycles. The lowest BCUT2D eigenvalue weighted by molar-refractivity contribution is 0.913. The average molecular weight is 366 g/mol. The van der Waals surface area contributed by atoms with Crippen molar-refractivity contribution in [3.63, 3.8) is 0 Å². The summed E-state index contributed by atoms with van der Waals surface area (Å²) in [6.45, 7) is 7.37. The summed E-state index contributed by atoms with van der Waals surface area (Å²) in [5.41, 5.74) is 1.06. The van der Waals surface area contributed by atoms with Gasteiger partial charge in [0.25, 0.3) is 11.2 Å². The zero-order valence-electron chi connectivity index (χ0n) is 13.6. The summed E-state index contributed by atoms with van der Waals surface area (Å²) in [7, 11) is 0. The topological polar surface area (TPSA) is 52.1 Å². The Morgan fingerprint density at radius 2 is 1.88 bits per heavy atom. The molecule has 0 amide bonds. The number of thioether (sulfide) groups is 2. The molecule has 0 bridgehead atoms. The second-order valence-electron chi connectivity index (χ2n) is 4.99. The third kappa shape index (κ3) is 3.31. The van der Waals surface area contributed by atoms with Gasteiger partial charge in [0.05, 0.1) is 6.57 Å². The third-order valence-electron chi connectivity index (χ3n) is 3.58. The summed E-state index contributed by atoms with van der Waals surface area (Å²) in [5, 5.41) is 0.427. The van der Waals surface area contributed by atoms with Crippen LogP contribution >= 0.6 is 23.5 Å². The molecular weight excluding hydrogens is 352 g/mol. The Morgan fingerprint density at radius 1 is 1.12 bits per heavy atom. The van der Waals surface area contributed by atoms with Crippen LogP contribution in [0, 0.1) is 6.57 Å². The van der Waals surface area contributed by atoms with E-state index >= 15 is 0 Å². The molecular formula is C18H14N4OS2. The number of rotatable bonds is 4. The van der Waals surface area contributed by atoms with Gasteiger partial charge in [-0.05, 0) is 48.9 Å². The Morgan fingerprint density at radius 3 is 2.44 bits per heavy atom. The summed E-state index contributed by atoms with van der Waals surface area (Å²) in [6, 6.07) is 11.3. The van der Waals surface area contributed by atoms with Crippen molar-refractivity contribution in [3.8, 4) is 17.1 Å². The molecule has 7 heteroatoms.